The number of amides is 2. The first kappa shape index (κ1) is 12.2. The van der Waals surface area contributed by atoms with Gasteiger partial charge in [0.25, 0.3) is 5.91 Å². The maximum Gasteiger partial charge on any atom is 0.250 e. The lowest BCUT2D eigenvalue weighted by atomic mass is 10.1. The van der Waals surface area contributed by atoms with Crippen molar-refractivity contribution in [1.82, 2.24) is 4.90 Å². The van der Waals surface area contributed by atoms with Crippen molar-refractivity contribution in [3.63, 3.8) is 0 Å². The molecule has 0 bridgehead atoms. The molecule has 1 fully saturated rings. The standard InChI is InChI=1S/C12H16N4O2/c1-16-5-4-9(12(16)18)15-10-6-7(13)2-3-8(10)11(14)17/h2-3,6,9,15H,4-5,13H2,1H3,(H2,14,17). The minimum absolute atomic E-state index is 0.00726. The van der Waals surface area contributed by atoms with E-state index < -0.39 is 5.91 Å². The molecule has 1 aromatic carbocycles. The lowest BCUT2D eigenvalue weighted by molar-refractivity contribution is -0.127. The summed E-state index contributed by atoms with van der Waals surface area (Å²) < 4.78 is 0. The molecule has 0 aliphatic carbocycles. The number of nitrogen functional groups attached to an aromatic ring is 1. The van der Waals surface area contributed by atoms with Crippen molar-refractivity contribution in [3.8, 4) is 0 Å². The number of anilines is 2. The van der Waals surface area contributed by atoms with E-state index in [-0.39, 0.29) is 11.9 Å². The van der Waals surface area contributed by atoms with Crippen LogP contribution in [0.5, 0.6) is 0 Å². The van der Waals surface area contributed by atoms with Gasteiger partial charge in [-0.1, -0.05) is 0 Å². The van der Waals surface area contributed by atoms with Gasteiger partial charge in [0.05, 0.1) is 5.56 Å². The van der Waals surface area contributed by atoms with Crippen LogP contribution in [0.15, 0.2) is 18.2 Å². The lowest BCUT2D eigenvalue weighted by Crippen LogP contribution is -2.31. The van der Waals surface area contributed by atoms with Gasteiger partial charge in [-0.05, 0) is 24.6 Å². The van der Waals surface area contributed by atoms with Crippen molar-refractivity contribution in [2.75, 3.05) is 24.6 Å². The summed E-state index contributed by atoms with van der Waals surface area (Å²) in [6.45, 7) is 0.699. The van der Waals surface area contributed by atoms with E-state index in [0.29, 0.717) is 29.9 Å². The highest BCUT2D eigenvalue weighted by Gasteiger charge is 2.29. The third-order valence-corrected chi connectivity index (χ3v) is 3.07. The Bertz CT molecular complexity index is 501. The fourth-order valence-electron chi connectivity index (χ4n) is 2.04. The Morgan fingerprint density at radius 2 is 2.22 bits per heavy atom. The van der Waals surface area contributed by atoms with Gasteiger partial charge in [-0.3, -0.25) is 9.59 Å². The van der Waals surface area contributed by atoms with Crippen molar-refractivity contribution in [3.05, 3.63) is 23.8 Å². The zero-order valence-corrected chi connectivity index (χ0v) is 10.1. The predicted molar refractivity (Wildman–Crippen MR) is 69.0 cm³/mol. The first-order valence-electron chi connectivity index (χ1n) is 5.70. The van der Waals surface area contributed by atoms with Crippen LogP contribution in [0.3, 0.4) is 0 Å². The number of hydrogen-bond donors (Lipinski definition) is 3. The van der Waals surface area contributed by atoms with Gasteiger partial charge in [-0.25, -0.2) is 0 Å². The van der Waals surface area contributed by atoms with E-state index in [2.05, 4.69) is 5.32 Å². The second kappa shape index (κ2) is 4.56. The molecule has 6 heteroatoms. The summed E-state index contributed by atoms with van der Waals surface area (Å²) in [5, 5.41) is 3.04. The second-order valence-corrected chi connectivity index (χ2v) is 4.41. The quantitative estimate of drug-likeness (QED) is 0.656. The van der Waals surface area contributed by atoms with Gasteiger partial charge in [-0.2, -0.15) is 0 Å². The number of rotatable bonds is 3. The maximum atomic E-state index is 11.8. The van der Waals surface area contributed by atoms with Crippen LogP contribution in [-0.4, -0.2) is 36.3 Å². The molecule has 0 spiro atoms. The van der Waals surface area contributed by atoms with E-state index in [9.17, 15) is 9.59 Å². The highest BCUT2D eigenvalue weighted by Crippen LogP contribution is 2.22. The molecular weight excluding hydrogens is 232 g/mol. The first-order valence-corrected chi connectivity index (χ1v) is 5.70. The first-order chi connectivity index (χ1) is 8.49. The minimum Gasteiger partial charge on any atom is -0.399 e. The number of carbonyl (C=O) groups is 2. The molecule has 1 aromatic rings. The van der Waals surface area contributed by atoms with Crippen molar-refractivity contribution >= 4 is 23.2 Å². The lowest BCUT2D eigenvalue weighted by Gasteiger charge is -2.16. The summed E-state index contributed by atoms with van der Waals surface area (Å²) in [5.41, 5.74) is 12.3. The van der Waals surface area contributed by atoms with Crippen LogP contribution in [0.25, 0.3) is 0 Å². The topological polar surface area (TPSA) is 101 Å². The average molecular weight is 248 g/mol. The Morgan fingerprint density at radius 1 is 1.50 bits per heavy atom. The molecule has 5 N–H and O–H groups in total. The summed E-state index contributed by atoms with van der Waals surface area (Å²) in [5.74, 6) is -0.538. The Morgan fingerprint density at radius 3 is 2.78 bits per heavy atom. The zero-order chi connectivity index (χ0) is 13.3. The molecule has 2 rings (SSSR count). The highest BCUT2D eigenvalue weighted by molar-refractivity contribution is 6.00. The smallest absolute Gasteiger partial charge is 0.250 e. The van der Waals surface area contributed by atoms with Gasteiger partial charge in [0.1, 0.15) is 6.04 Å². The van der Waals surface area contributed by atoms with Crippen LogP contribution >= 0.6 is 0 Å². The number of hydrogen-bond acceptors (Lipinski definition) is 4. The van der Waals surface area contributed by atoms with Crippen molar-refractivity contribution in [2.45, 2.75) is 12.5 Å². The van der Waals surface area contributed by atoms with E-state index >= 15 is 0 Å². The third kappa shape index (κ3) is 2.22. The van der Waals surface area contributed by atoms with Crippen LogP contribution in [0.1, 0.15) is 16.8 Å². The molecule has 1 aliphatic rings. The number of benzene rings is 1. The molecule has 96 valence electrons. The molecule has 0 saturated carbocycles. The van der Waals surface area contributed by atoms with E-state index in [1.165, 1.54) is 0 Å². The number of likely N-dealkylation sites (tertiary alicyclic amines) is 1. The number of likely N-dealkylation sites (N-methyl/N-ethyl adjacent to an activating group) is 1. The van der Waals surface area contributed by atoms with Gasteiger partial charge in [0.15, 0.2) is 0 Å². The third-order valence-electron chi connectivity index (χ3n) is 3.07. The monoisotopic (exact) mass is 248 g/mol. The molecule has 0 radical (unpaired) electrons. The molecule has 18 heavy (non-hydrogen) atoms. The number of nitrogens with zero attached hydrogens (tertiary/aromatic N) is 1. The van der Waals surface area contributed by atoms with Gasteiger partial charge in [0.2, 0.25) is 5.91 Å². The fraction of sp³-hybridized carbons (Fsp3) is 0.333. The summed E-state index contributed by atoms with van der Waals surface area (Å²) >= 11 is 0. The van der Waals surface area contributed by atoms with E-state index in [0.717, 1.165) is 0 Å². The van der Waals surface area contributed by atoms with Crippen LogP contribution in [-0.2, 0) is 4.79 Å². The number of carbonyl (C=O) groups excluding carboxylic acids is 2. The average Bonchev–Trinajstić information content (AvgIpc) is 2.61. The molecule has 6 nitrogen and oxygen atoms in total. The van der Waals surface area contributed by atoms with E-state index in [1.54, 1.807) is 30.1 Å². The van der Waals surface area contributed by atoms with Gasteiger partial charge in [-0.15, -0.1) is 0 Å². The van der Waals surface area contributed by atoms with Crippen molar-refractivity contribution in [2.24, 2.45) is 5.73 Å². The fourth-order valence-corrected chi connectivity index (χ4v) is 2.04. The second-order valence-electron chi connectivity index (χ2n) is 4.41. The molecule has 1 aliphatic heterocycles. The molecular formula is C12H16N4O2. The van der Waals surface area contributed by atoms with Crippen LogP contribution in [0, 0.1) is 0 Å². The Hall–Kier alpha value is -2.24. The zero-order valence-electron chi connectivity index (χ0n) is 10.1. The maximum absolute atomic E-state index is 11.8. The van der Waals surface area contributed by atoms with Gasteiger partial charge < -0.3 is 21.7 Å². The number of nitrogens with two attached hydrogens (primary N) is 2. The summed E-state index contributed by atoms with van der Waals surface area (Å²) in [7, 11) is 1.75. The Balaban J connectivity index is 2.25. The summed E-state index contributed by atoms with van der Waals surface area (Å²) in [4.78, 5) is 24.7. The Kier molecular flexibility index (Phi) is 3.10. The molecule has 1 heterocycles. The van der Waals surface area contributed by atoms with Crippen LogP contribution in [0.2, 0.25) is 0 Å². The predicted octanol–water partition coefficient (Wildman–Crippen LogP) is 0.0103. The van der Waals surface area contributed by atoms with Crippen molar-refractivity contribution in [1.29, 1.82) is 0 Å². The molecule has 0 aromatic heterocycles. The van der Waals surface area contributed by atoms with Crippen LogP contribution < -0.4 is 16.8 Å². The van der Waals surface area contributed by atoms with Crippen LogP contribution in [0.4, 0.5) is 11.4 Å². The van der Waals surface area contributed by atoms with E-state index in [1.807, 2.05) is 0 Å². The molecule has 2 amide bonds. The largest absolute Gasteiger partial charge is 0.399 e. The number of primary amides is 1. The SMILES string of the molecule is CN1CCC(Nc2cc(N)ccc2C(N)=O)C1=O. The summed E-state index contributed by atoms with van der Waals surface area (Å²) in [6.07, 6.45) is 0.697. The van der Waals surface area contributed by atoms with Gasteiger partial charge in [0, 0.05) is 25.0 Å². The Labute approximate surface area is 105 Å². The van der Waals surface area contributed by atoms with E-state index in [4.69, 9.17) is 11.5 Å². The van der Waals surface area contributed by atoms with Crippen molar-refractivity contribution < 1.29 is 9.59 Å². The highest BCUT2D eigenvalue weighted by atomic mass is 16.2. The molecule has 1 saturated heterocycles. The summed E-state index contributed by atoms with van der Waals surface area (Å²) in [6, 6.07) is 4.46. The van der Waals surface area contributed by atoms with Gasteiger partial charge >= 0.3 is 0 Å². The minimum atomic E-state index is -0.545. The number of nitrogens with one attached hydrogen (secondary N) is 1. The molecule has 1 unspecified atom stereocenters. The normalized spacial score (nSPS) is 19.1. The molecule has 1 atom stereocenters.